The lowest BCUT2D eigenvalue weighted by Gasteiger charge is -2.05. The third-order valence-corrected chi connectivity index (χ3v) is 3.35. The first-order valence-corrected chi connectivity index (χ1v) is 6.50. The molecule has 0 aliphatic heterocycles. The summed E-state index contributed by atoms with van der Waals surface area (Å²) in [5.74, 6) is -1.18. The fourth-order valence-electron chi connectivity index (χ4n) is 1.71. The van der Waals surface area contributed by atoms with Gasteiger partial charge in [0, 0.05) is 16.5 Å². The Morgan fingerprint density at radius 1 is 1.11 bits per heavy atom. The highest BCUT2D eigenvalue weighted by atomic mass is 79.9. The van der Waals surface area contributed by atoms with Gasteiger partial charge in [-0.05, 0) is 36.2 Å². The van der Waals surface area contributed by atoms with Crippen molar-refractivity contribution in [1.29, 1.82) is 0 Å². The molecule has 0 aliphatic rings. The van der Waals surface area contributed by atoms with Gasteiger partial charge in [0.05, 0.1) is 0 Å². The maximum absolute atomic E-state index is 13.6. The van der Waals surface area contributed by atoms with Gasteiger partial charge in [-0.2, -0.15) is 0 Å². The highest BCUT2D eigenvalue weighted by Gasteiger charge is 2.12. The van der Waals surface area contributed by atoms with Crippen LogP contribution in [0.3, 0.4) is 0 Å². The van der Waals surface area contributed by atoms with Gasteiger partial charge in [-0.3, -0.25) is 4.79 Å². The number of hydrogen-bond acceptors (Lipinski definition) is 1. The molecule has 0 heterocycles. The number of rotatable bonds is 3. The van der Waals surface area contributed by atoms with E-state index < -0.39 is 11.6 Å². The Bertz CT molecular complexity index is 638. The van der Waals surface area contributed by atoms with E-state index in [0.717, 1.165) is 0 Å². The minimum atomic E-state index is -0.449. The minimum Gasteiger partial charge on any atom is -0.294 e. The summed E-state index contributed by atoms with van der Waals surface area (Å²) in [6.07, 6.45) is -0.0817. The zero-order chi connectivity index (χ0) is 14.0. The molecule has 19 heavy (non-hydrogen) atoms. The van der Waals surface area contributed by atoms with Crippen LogP contribution >= 0.6 is 15.9 Å². The second-order valence-electron chi connectivity index (χ2n) is 4.30. The molecule has 4 heteroatoms. The molecule has 0 bridgehead atoms. The molecule has 1 nitrogen and oxygen atoms in total. The predicted octanol–water partition coefficient (Wildman–Crippen LogP) is 4.46. The van der Waals surface area contributed by atoms with Crippen molar-refractivity contribution in [2.45, 2.75) is 13.3 Å². The number of halogens is 3. The van der Waals surface area contributed by atoms with E-state index in [1.165, 1.54) is 12.1 Å². The number of Topliss-reactive ketones (excluding diaryl/α,β-unsaturated/α-hetero) is 1. The predicted molar refractivity (Wildman–Crippen MR) is 73.3 cm³/mol. The summed E-state index contributed by atoms with van der Waals surface area (Å²) < 4.78 is 27.6. The number of aryl methyl sites for hydroxylation is 1. The van der Waals surface area contributed by atoms with Crippen LogP contribution in [0.25, 0.3) is 0 Å². The Kier molecular flexibility index (Phi) is 4.10. The van der Waals surface area contributed by atoms with Gasteiger partial charge in [-0.25, -0.2) is 8.78 Å². The number of carbonyl (C=O) groups is 1. The summed E-state index contributed by atoms with van der Waals surface area (Å²) in [6.45, 7) is 1.62. The smallest absolute Gasteiger partial charge is 0.167 e. The molecular formula is C15H11BrF2O. The molecule has 0 unspecified atom stereocenters. The first-order valence-electron chi connectivity index (χ1n) is 5.70. The third kappa shape index (κ3) is 3.26. The van der Waals surface area contributed by atoms with Crippen molar-refractivity contribution in [2.24, 2.45) is 0 Å². The van der Waals surface area contributed by atoms with Crippen LogP contribution in [-0.4, -0.2) is 5.78 Å². The van der Waals surface area contributed by atoms with Crippen LogP contribution in [0.2, 0.25) is 0 Å². The maximum atomic E-state index is 13.6. The number of ketones is 1. The van der Waals surface area contributed by atoms with E-state index in [1.807, 2.05) is 0 Å². The second-order valence-corrected chi connectivity index (χ2v) is 5.22. The Labute approximate surface area is 118 Å². The van der Waals surface area contributed by atoms with E-state index in [9.17, 15) is 13.6 Å². The van der Waals surface area contributed by atoms with Crippen LogP contribution in [-0.2, 0) is 6.42 Å². The fourth-order valence-corrected chi connectivity index (χ4v) is 2.04. The molecule has 0 aromatic heterocycles. The number of benzene rings is 2. The molecule has 0 fully saturated rings. The Morgan fingerprint density at radius 2 is 1.84 bits per heavy atom. The second kappa shape index (κ2) is 5.61. The lowest BCUT2D eigenvalue weighted by molar-refractivity contribution is 0.0991. The summed E-state index contributed by atoms with van der Waals surface area (Å²) in [4.78, 5) is 12.0. The number of hydrogen-bond donors (Lipinski definition) is 0. The molecular weight excluding hydrogens is 314 g/mol. The van der Waals surface area contributed by atoms with Crippen LogP contribution in [0.5, 0.6) is 0 Å². The van der Waals surface area contributed by atoms with Gasteiger partial charge in [0.2, 0.25) is 0 Å². The van der Waals surface area contributed by atoms with E-state index in [0.29, 0.717) is 15.6 Å². The molecule has 98 valence electrons. The highest BCUT2D eigenvalue weighted by molar-refractivity contribution is 9.10. The molecule has 0 aliphatic carbocycles. The Balaban J connectivity index is 2.23. The zero-order valence-electron chi connectivity index (χ0n) is 10.2. The van der Waals surface area contributed by atoms with Crippen molar-refractivity contribution in [1.82, 2.24) is 0 Å². The van der Waals surface area contributed by atoms with E-state index in [2.05, 4.69) is 15.9 Å². The van der Waals surface area contributed by atoms with Crippen molar-refractivity contribution >= 4 is 21.7 Å². The van der Waals surface area contributed by atoms with Gasteiger partial charge in [0.15, 0.2) is 5.78 Å². The van der Waals surface area contributed by atoms with Crippen molar-refractivity contribution in [3.8, 4) is 0 Å². The third-order valence-electron chi connectivity index (χ3n) is 2.86. The SMILES string of the molecule is Cc1ccc(C(=O)Cc2ccc(Br)cc2F)cc1F. The largest absolute Gasteiger partial charge is 0.294 e. The molecule has 0 radical (unpaired) electrons. The fraction of sp³-hybridized carbons (Fsp3) is 0.133. The van der Waals surface area contributed by atoms with E-state index >= 15 is 0 Å². The Hall–Kier alpha value is -1.55. The topological polar surface area (TPSA) is 17.1 Å². The minimum absolute atomic E-state index is 0.0817. The molecule has 0 atom stereocenters. The summed E-state index contributed by atoms with van der Waals surface area (Å²) in [5.41, 5.74) is 1.03. The average molecular weight is 325 g/mol. The normalized spacial score (nSPS) is 10.5. The van der Waals surface area contributed by atoms with E-state index in [-0.39, 0.29) is 17.8 Å². The quantitative estimate of drug-likeness (QED) is 0.762. The van der Waals surface area contributed by atoms with Gasteiger partial charge in [-0.1, -0.05) is 34.1 Å². The standard InChI is InChI=1S/C15H11BrF2O/c1-9-2-3-11(6-13(9)17)15(19)7-10-4-5-12(16)8-14(10)18/h2-6,8H,7H2,1H3. The molecule has 0 saturated carbocycles. The number of carbonyl (C=O) groups excluding carboxylic acids is 1. The van der Waals surface area contributed by atoms with Gasteiger partial charge in [-0.15, -0.1) is 0 Å². The van der Waals surface area contributed by atoms with Crippen LogP contribution in [0, 0.1) is 18.6 Å². The monoisotopic (exact) mass is 324 g/mol. The summed E-state index contributed by atoms with van der Waals surface area (Å²) in [6, 6.07) is 8.80. The lowest BCUT2D eigenvalue weighted by atomic mass is 10.0. The molecule has 0 amide bonds. The molecule has 2 aromatic rings. The van der Waals surface area contributed by atoms with Crippen molar-refractivity contribution in [3.05, 3.63) is 69.2 Å². The molecule has 2 rings (SSSR count). The summed E-state index contributed by atoms with van der Waals surface area (Å²) in [7, 11) is 0. The van der Waals surface area contributed by atoms with Crippen molar-refractivity contribution < 1.29 is 13.6 Å². The van der Waals surface area contributed by atoms with E-state index in [1.54, 1.807) is 31.2 Å². The van der Waals surface area contributed by atoms with Crippen molar-refractivity contribution in [3.63, 3.8) is 0 Å². The summed E-state index contributed by atoms with van der Waals surface area (Å²) >= 11 is 3.15. The molecule has 0 N–H and O–H groups in total. The average Bonchev–Trinajstić information content (AvgIpc) is 2.36. The van der Waals surface area contributed by atoms with Crippen LogP contribution in [0.4, 0.5) is 8.78 Å². The van der Waals surface area contributed by atoms with Gasteiger partial charge in [0.1, 0.15) is 11.6 Å². The first kappa shape index (κ1) is 13.9. The zero-order valence-corrected chi connectivity index (χ0v) is 11.8. The van der Waals surface area contributed by atoms with E-state index in [4.69, 9.17) is 0 Å². The lowest BCUT2D eigenvalue weighted by Crippen LogP contribution is -2.06. The van der Waals surface area contributed by atoms with Gasteiger partial charge >= 0.3 is 0 Å². The van der Waals surface area contributed by atoms with Gasteiger partial charge in [0.25, 0.3) is 0 Å². The molecule has 2 aromatic carbocycles. The van der Waals surface area contributed by atoms with Gasteiger partial charge < -0.3 is 0 Å². The maximum Gasteiger partial charge on any atom is 0.167 e. The van der Waals surface area contributed by atoms with Crippen LogP contribution in [0.1, 0.15) is 21.5 Å². The highest BCUT2D eigenvalue weighted by Crippen LogP contribution is 2.18. The molecule has 0 saturated heterocycles. The van der Waals surface area contributed by atoms with Crippen LogP contribution < -0.4 is 0 Å². The molecule has 0 spiro atoms. The van der Waals surface area contributed by atoms with Crippen molar-refractivity contribution in [2.75, 3.05) is 0 Å². The Morgan fingerprint density at radius 3 is 2.47 bits per heavy atom. The first-order chi connectivity index (χ1) is 8.97. The van der Waals surface area contributed by atoms with Crippen LogP contribution in [0.15, 0.2) is 40.9 Å². The summed E-state index contributed by atoms with van der Waals surface area (Å²) in [5, 5.41) is 0.